The monoisotopic (exact) mass is 408 g/mol. The minimum Gasteiger partial charge on any atom is -0.412 e. The van der Waals surface area contributed by atoms with Crippen LogP contribution in [0.15, 0.2) is 18.7 Å². The van der Waals surface area contributed by atoms with Crippen LogP contribution in [0.25, 0.3) is 17.1 Å². The maximum absolute atomic E-state index is 11.1. The summed E-state index contributed by atoms with van der Waals surface area (Å²) in [6.45, 7) is -0.459. The van der Waals surface area contributed by atoms with Crippen LogP contribution >= 0.6 is 0 Å². The van der Waals surface area contributed by atoms with Gasteiger partial charge in [-0.15, -0.1) is 0 Å². The molecule has 14 heteroatoms. The normalized spacial score (nSPS) is 24.0. The molecule has 1 saturated heterocycles. The number of amides is 1. The summed E-state index contributed by atoms with van der Waals surface area (Å²) < 4.78 is 8.24. The van der Waals surface area contributed by atoms with E-state index in [4.69, 9.17) is 16.2 Å². The van der Waals surface area contributed by atoms with E-state index < -0.39 is 37.1 Å². The standard InChI is InChI=1S/C15H18N8O5.H2O/c16-8(25)1-6-2-19-23(3-6)15-20-12(17)9-13(21-15)22(5-18-9)14-11(27)10(26)7(4-24)28-14;/h2-3,5,7,10-11,14,24,26-27H,1,4H2,(H2,16,25)(H2,17,20,21);1H2/t7-,10-,11+,14-;/m1./s1. The molecule has 156 valence electrons. The fourth-order valence-electron chi connectivity index (χ4n) is 3.09. The summed E-state index contributed by atoms with van der Waals surface area (Å²) in [5, 5.41) is 33.6. The number of carbonyl (C=O) groups excluding carboxylic acids is 1. The molecular formula is C15H20N8O6. The Morgan fingerprint density at radius 1 is 1.28 bits per heavy atom. The molecular weight excluding hydrogens is 388 g/mol. The molecule has 0 saturated carbocycles. The Bertz CT molecular complexity index is 1040. The summed E-state index contributed by atoms with van der Waals surface area (Å²) in [6.07, 6.45) is -0.189. The SMILES string of the molecule is NC(=O)Cc1cnn(-c2nc(N)c3ncn([C@@H]4O[C@H](CO)[C@@H](O)[C@@H]4O)c3n2)c1.O. The van der Waals surface area contributed by atoms with Gasteiger partial charge in [0.05, 0.1) is 25.6 Å². The first-order valence-electron chi connectivity index (χ1n) is 8.33. The van der Waals surface area contributed by atoms with Crippen LogP contribution in [-0.2, 0) is 16.0 Å². The molecule has 1 fully saturated rings. The van der Waals surface area contributed by atoms with E-state index in [-0.39, 0.29) is 34.8 Å². The number of nitrogens with zero attached hydrogens (tertiary/aromatic N) is 6. The molecule has 3 aromatic heterocycles. The van der Waals surface area contributed by atoms with Crippen molar-refractivity contribution in [1.29, 1.82) is 0 Å². The Kier molecular flexibility index (Phi) is 5.45. The molecule has 1 amide bonds. The van der Waals surface area contributed by atoms with Crippen LogP contribution in [0.5, 0.6) is 0 Å². The number of aliphatic hydroxyl groups excluding tert-OH is 3. The summed E-state index contributed by atoms with van der Waals surface area (Å²) >= 11 is 0. The van der Waals surface area contributed by atoms with Crippen molar-refractivity contribution in [3.05, 3.63) is 24.3 Å². The fourth-order valence-corrected chi connectivity index (χ4v) is 3.09. The van der Waals surface area contributed by atoms with Crippen LogP contribution in [0.4, 0.5) is 5.82 Å². The van der Waals surface area contributed by atoms with Gasteiger partial charge in [0.15, 0.2) is 17.7 Å². The molecule has 1 aliphatic heterocycles. The van der Waals surface area contributed by atoms with E-state index in [1.807, 2.05) is 0 Å². The van der Waals surface area contributed by atoms with E-state index in [0.29, 0.717) is 5.56 Å². The van der Waals surface area contributed by atoms with Gasteiger partial charge in [0.25, 0.3) is 5.95 Å². The number of hydrogen-bond acceptors (Lipinski definition) is 10. The molecule has 4 rings (SSSR count). The lowest BCUT2D eigenvalue weighted by Gasteiger charge is -2.16. The average molecular weight is 408 g/mol. The number of aliphatic hydroxyl groups is 3. The smallest absolute Gasteiger partial charge is 0.254 e. The number of ether oxygens (including phenoxy) is 1. The van der Waals surface area contributed by atoms with Crippen molar-refractivity contribution in [2.75, 3.05) is 12.3 Å². The Morgan fingerprint density at radius 2 is 2.03 bits per heavy atom. The van der Waals surface area contributed by atoms with Crippen LogP contribution < -0.4 is 11.5 Å². The first-order valence-corrected chi connectivity index (χ1v) is 8.33. The van der Waals surface area contributed by atoms with Crippen LogP contribution in [-0.4, -0.2) is 80.9 Å². The number of primary amides is 1. The third-order valence-corrected chi connectivity index (χ3v) is 4.45. The zero-order valence-electron chi connectivity index (χ0n) is 15.0. The highest BCUT2D eigenvalue weighted by Crippen LogP contribution is 2.32. The third-order valence-electron chi connectivity index (χ3n) is 4.45. The molecule has 4 heterocycles. The van der Waals surface area contributed by atoms with Gasteiger partial charge in [-0.1, -0.05) is 0 Å². The topological polar surface area (TPSA) is 232 Å². The van der Waals surface area contributed by atoms with Crippen molar-refractivity contribution in [3.63, 3.8) is 0 Å². The van der Waals surface area contributed by atoms with E-state index in [1.165, 1.54) is 21.8 Å². The highest BCUT2D eigenvalue weighted by atomic mass is 16.6. The third kappa shape index (κ3) is 3.50. The maximum Gasteiger partial charge on any atom is 0.254 e. The second-order valence-electron chi connectivity index (χ2n) is 6.40. The summed E-state index contributed by atoms with van der Waals surface area (Å²) in [5.41, 5.74) is 12.2. The van der Waals surface area contributed by atoms with E-state index in [0.717, 1.165) is 0 Å². The average Bonchev–Trinajstić information content (AvgIpc) is 3.34. The Labute approximate surface area is 162 Å². The molecule has 0 radical (unpaired) electrons. The zero-order chi connectivity index (χ0) is 20.0. The maximum atomic E-state index is 11.1. The molecule has 0 bridgehead atoms. The van der Waals surface area contributed by atoms with E-state index in [9.17, 15) is 20.1 Å². The first kappa shape index (κ1) is 20.6. The van der Waals surface area contributed by atoms with Gasteiger partial charge in [-0.3, -0.25) is 9.36 Å². The number of nitrogen functional groups attached to an aromatic ring is 1. The number of anilines is 1. The second-order valence-corrected chi connectivity index (χ2v) is 6.40. The molecule has 0 spiro atoms. The number of imidazole rings is 1. The molecule has 9 N–H and O–H groups in total. The molecule has 0 unspecified atom stereocenters. The summed E-state index contributed by atoms with van der Waals surface area (Å²) in [7, 11) is 0. The number of fused-ring (bicyclic) bond motifs is 1. The van der Waals surface area contributed by atoms with Crippen molar-refractivity contribution in [1.82, 2.24) is 29.3 Å². The predicted octanol–water partition coefficient (Wildman–Crippen LogP) is -3.59. The van der Waals surface area contributed by atoms with Crippen molar-refractivity contribution in [2.24, 2.45) is 5.73 Å². The van der Waals surface area contributed by atoms with Gasteiger partial charge >= 0.3 is 0 Å². The molecule has 0 aliphatic carbocycles. The van der Waals surface area contributed by atoms with Crippen molar-refractivity contribution >= 4 is 22.9 Å². The Hall–Kier alpha value is -3.17. The quantitative estimate of drug-likeness (QED) is 0.278. The number of nitrogens with two attached hydrogens (primary N) is 2. The van der Waals surface area contributed by atoms with Gasteiger partial charge < -0.3 is 37.0 Å². The predicted molar refractivity (Wildman–Crippen MR) is 96.4 cm³/mol. The lowest BCUT2D eigenvalue weighted by Crippen LogP contribution is -2.33. The number of carbonyl (C=O) groups is 1. The highest BCUT2D eigenvalue weighted by Gasteiger charge is 2.44. The minimum atomic E-state index is -1.30. The molecule has 14 nitrogen and oxygen atoms in total. The molecule has 3 aromatic rings. The van der Waals surface area contributed by atoms with E-state index in [2.05, 4.69) is 20.1 Å². The van der Waals surface area contributed by atoms with Crippen LogP contribution in [0.2, 0.25) is 0 Å². The molecule has 0 aromatic carbocycles. The van der Waals surface area contributed by atoms with Crippen molar-refractivity contribution in [2.45, 2.75) is 31.0 Å². The van der Waals surface area contributed by atoms with E-state index >= 15 is 0 Å². The van der Waals surface area contributed by atoms with Gasteiger partial charge in [-0.25, -0.2) is 9.67 Å². The van der Waals surface area contributed by atoms with Crippen molar-refractivity contribution in [3.8, 4) is 5.95 Å². The zero-order valence-corrected chi connectivity index (χ0v) is 15.0. The lowest BCUT2D eigenvalue weighted by molar-refractivity contribution is -0.117. The number of hydrogen-bond donors (Lipinski definition) is 5. The van der Waals surface area contributed by atoms with Crippen LogP contribution in [0.1, 0.15) is 11.8 Å². The highest BCUT2D eigenvalue weighted by molar-refractivity contribution is 5.82. The van der Waals surface area contributed by atoms with Crippen LogP contribution in [0, 0.1) is 0 Å². The van der Waals surface area contributed by atoms with Gasteiger partial charge in [0.1, 0.15) is 23.8 Å². The van der Waals surface area contributed by atoms with Gasteiger partial charge in [0.2, 0.25) is 5.91 Å². The summed E-state index contributed by atoms with van der Waals surface area (Å²) in [5.74, 6) is -0.329. The minimum absolute atomic E-state index is 0. The number of rotatable bonds is 5. The fraction of sp³-hybridized carbons (Fsp3) is 0.400. The Morgan fingerprint density at radius 3 is 2.69 bits per heavy atom. The number of aromatic nitrogens is 6. The van der Waals surface area contributed by atoms with Crippen molar-refractivity contribution < 1.29 is 30.3 Å². The van der Waals surface area contributed by atoms with Crippen LogP contribution in [0.3, 0.4) is 0 Å². The molecule has 29 heavy (non-hydrogen) atoms. The van der Waals surface area contributed by atoms with Gasteiger partial charge in [-0.2, -0.15) is 15.1 Å². The van der Waals surface area contributed by atoms with Gasteiger partial charge in [-0.05, 0) is 5.56 Å². The molecule has 4 atom stereocenters. The lowest BCUT2D eigenvalue weighted by atomic mass is 10.1. The van der Waals surface area contributed by atoms with E-state index in [1.54, 1.807) is 6.20 Å². The summed E-state index contributed by atoms with van der Waals surface area (Å²) in [6, 6.07) is 0. The largest absolute Gasteiger partial charge is 0.412 e. The first-order chi connectivity index (χ1) is 13.4. The Balaban J connectivity index is 0.00000240. The molecule has 1 aliphatic rings. The second kappa shape index (κ2) is 7.69. The summed E-state index contributed by atoms with van der Waals surface area (Å²) in [4.78, 5) is 23.7. The van der Waals surface area contributed by atoms with Gasteiger partial charge in [0, 0.05) is 6.20 Å².